The van der Waals surface area contributed by atoms with Gasteiger partial charge in [-0.25, -0.2) is 0 Å². The van der Waals surface area contributed by atoms with Crippen molar-refractivity contribution < 1.29 is 4.74 Å². The van der Waals surface area contributed by atoms with Gasteiger partial charge in [0.1, 0.15) is 5.75 Å². The number of ether oxygens (including phenoxy) is 1. The first-order valence-electron chi connectivity index (χ1n) is 7.98. The average Bonchev–Trinajstić information content (AvgIpc) is 2.59. The first-order chi connectivity index (χ1) is 10.8. The lowest BCUT2D eigenvalue weighted by Crippen LogP contribution is -2.43. The van der Waals surface area contributed by atoms with Crippen LogP contribution >= 0.6 is 0 Å². The third-order valence-electron chi connectivity index (χ3n) is 4.33. The summed E-state index contributed by atoms with van der Waals surface area (Å²) in [5.41, 5.74) is 4.16. The molecule has 1 aliphatic heterocycles. The van der Waals surface area contributed by atoms with Crippen LogP contribution in [0.5, 0.6) is 5.75 Å². The Kier molecular flexibility index (Phi) is 4.64. The summed E-state index contributed by atoms with van der Waals surface area (Å²) >= 11 is 0. The van der Waals surface area contributed by atoms with Gasteiger partial charge in [-0.05, 0) is 42.7 Å². The van der Waals surface area contributed by atoms with Gasteiger partial charge in [0.15, 0.2) is 0 Å². The smallest absolute Gasteiger partial charge is 0.119 e. The minimum atomic E-state index is 0.941. The van der Waals surface area contributed by atoms with E-state index in [0.29, 0.717) is 0 Å². The molecule has 116 valence electrons. The van der Waals surface area contributed by atoms with Crippen molar-refractivity contribution in [1.29, 1.82) is 0 Å². The largest absolute Gasteiger partial charge is 0.497 e. The molecule has 0 unspecified atom stereocenters. The highest BCUT2D eigenvalue weighted by Crippen LogP contribution is 2.26. The summed E-state index contributed by atoms with van der Waals surface area (Å²) < 4.78 is 5.31. The topological polar surface area (TPSA) is 15.7 Å². The van der Waals surface area contributed by atoms with E-state index in [1.54, 1.807) is 7.11 Å². The molecule has 3 heteroatoms. The average molecular weight is 296 g/mol. The van der Waals surface area contributed by atoms with Crippen molar-refractivity contribution in [3.8, 4) is 5.75 Å². The summed E-state index contributed by atoms with van der Waals surface area (Å²) in [7, 11) is 1.72. The summed E-state index contributed by atoms with van der Waals surface area (Å²) in [4.78, 5) is 4.97. The molecule has 0 radical (unpaired) electrons. The molecule has 0 atom stereocenters. The second kappa shape index (κ2) is 6.84. The maximum atomic E-state index is 5.31. The van der Waals surface area contributed by atoms with Gasteiger partial charge in [-0.2, -0.15) is 0 Å². The number of anilines is 1. The van der Waals surface area contributed by atoms with Crippen molar-refractivity contribution in [1.82, 2.24) is 4.90 Å². The molecule has 0 aliphatic carbocycles. The molecular formula is C19H24N2O. The lowest BCUT2D eigenvalue weighted by Gasteiger charge is -2.38. The van der Waals surface area contributed by atoms with Crippen LogP contribution in [0.1, 0.15) is 18.1 Å². The molecule has 1 heterocycles. The molecule has 3 nitrogen and oxygen atoms in total. The fraction of sp³-hybridized carbons (Fsp3) is 0.368. The Bertz CT molecular complexity index is 626. The molecule has 2 aromatic rings. The Balaban J connectivity index is 1.66. The second-order valence-corrected chi connectivity index (χ2v) is 5.78. The quantitative estimate of drug-likeness (QED) is 0.839. The minimum Gasteiger partial charge on any atom is -0.497 e. The second-order valence-electron chi connectivity index (χ2n) is 5.78. The van der Waals surface area contributed by atoms with Gasteiger partial charge in [0.05, 0.1) is 13.8 Å². The number of nitrogens with zero attached hydrogens (tertiary/aromatic N) is 2. The first kappa shape index (κ1) is 14.9. The zero-order valence-corrected chi connectivity index (χ0v) is 13.5. The summed E-state index contributed by atoms with van der Waals surface area (Å²) in [6.45, 7) is 6.39. The SMILES string of the molecule is CCN1CN(CCc2cccc(OC)c2)Cc2ccccc21. The van der Waals surface area contributed by atoms with Crippen molar-refractivity contribution in [2.24, 2.45) is 0 Å². The minimum absolute atomic E-state index is 0.941. The van der Waals surface area contributed by atoms with Crippen molar-refractivity contribution >= 4 is 5.69 Å². The van der Waals surface area contributed by atoms with Gasteiger partial charge >= 0.3 is 0 Å². The van der Waals surface area contributed by atoms with Crippen molar-refractivity contribution in [3.05, 3.63) is 59.7 Å². The van der Waals surface area contributed by atoms with E-state index in [9.17, 15) is 0 Å². The van der Waals surface area contributed by atoms with Crippen LogP contribution in [0.4, 0.5) is 5.69 Å². The number of methoxy groups -OCH3 is 1. The van der Waals surface area contributed by atoms with Crippen LogP contribution < -0.4 is 9.64 Å². The van der Waals surface area contributed by atoms with Gasteiger partial charge in [-0.1, -0.05) is 30.3 Å². The predicted octanol–water partition coefficient (Wildman–Crippen LogP) is 3.54. The number of benzene rings is 2. The van der Waals surface area contributed by atoms with Crippen LogP contribution in [0, 0.1) is 0 Å². The fourth-order valence-electron chi connectivity index (χ4n) is 3.10. The molecule has 1 aliphatic rings. The molecule has 3 rings (SSSR count). The van der Waals surface area contributed by atoms with E-state index >= 15 is 0 Å². The predicted molar refractivity (Wildman–Crippen MR) is 91.4 cm³/mol. The summed E-state index contributed by atoms with van der Waals surface area (Å²) in [6, 6.07) is 17.1. The molecule has 0 saturated carbocycles. The van der Waals surface area contributed by atoms with E-state index in [4.69, 9.17) is 4.74 Å². The van der Waals surface area contributed by atoms with Gasteiger partial charge < -0.3 is 9.64 Å². The van der Waals surface area contributed by atoms with Crippen LogP contribution in [0.15, 0.2) is 48.5 Å². The van der Waals surface area contributed by atoms with E-state index < -0.39 is 0 Å². The van der Waals surface area contributed by atoms with E-state index in [1.807, 2.05) is 6.07 Å². The highest BCUT2D eigenvalue weighted by atomic mass is 16.5. The lowest BCUT2D eigenvalue weighted by molar-refractivity contribution is 0.256. The number of rotatable bonds is 5. The molecule has 0 amide bonds. The van der Waals surface area contributed by atoms with E-state index in [0.717, 1.165) is 38.5 Å². The van der Waals surface area contributed by atoms with Crippen LogP contribution in [0.25, 0.3) is 0 Å². The molecule has 22 heavy (non-hydrogen) atoms. The van der Waals surface area contributed by atoms with Gasteiger partial charge in [-0.3, -0.25) is 4.90 Å². The highest BCUT2D eigenvalue weighted by Gasteiger charge is 2.20. The molecule has 0 fully saturated rings. The summed E-state index contributed by atoms with van der Waals surface area (Å²) in [6.07, 6.45) is 1.05. The molecule has 0 saturated heterocycles. The maximum Gasteiger partial charge on any atom is 0.119 e. The Labute approximate surface area is 133 Å². The monoisotopic (exact) mass is 296 g/mol. The molecule has 0 bridgehead atoms. The number of para-hydroxylation sites is 1. The summed E-state index contributed by atoms with van der Waals surface area (Å²) in [5.74, 6) is 0.941. The number of hydrogen-bond acceptors (Lipinski definition) is 3. The van der Waals surface area contributed by atoms with Gasteiger partial charge in [-0.15, -0.1) is 0 Å². The normalized spacial score (nSPS) is 14.7. The van der Waals surface area contributed by atoms with E-state index in [2.05, 4.69) is 59.2 Å². The highest BCUT2D eigenvalue weighted by molar-refractivity contribution is 5.54. The van der Waals surface area contributed by atoms with Gasteiger partial charge in [0.2, 0.25) is 0 Å². The first-order valence-corrected chi connectivity index (χ1v) is 7.98. The summed E-state index contributed by atoms with van der Waals surface area (Å²) in [5, 5.41) is 0. The Morgan fingerprint density at radius 3 is 2.77 bits per heavy atom. The third kappa shape index (κ3) is 3.25. The van der Waals surface area contributed by atoms with Crippen molar-refractivity contribution in [2.75, 3.05) is 31.8 Å². The molecule has 0 aromatic heterocycles. The zero-order valence-electron chi connectivity index (χ0n) is 13.5. The lowest BCUT2D eigenvalue weighted by atomic mass is 10.1. The molecule has 2 aromatic carbocycles. The van der Waals surface area contributed by atoms with Crippen LogP contribution in [-0.2, 0) is 13.0 Å². The molecular weight excluding hydrogens is 272 g/mol. The Morgan fingerprint density at radius 1 is 1.09 bits per heavy atom. The van der Waals surface area contributed by atoms with Crippen molar-refractivity contribution in [2.45, 2.75) is 19.9 Å². The van der Waals surface area contributed by atoms with Gasteiger partial charge in [0.25, 0.3) is 0 Å². The van der Waals surface area contributed by atoms with Crippen molar-refractivity contribution in [3.63, 3.8) is 0 Å². The number of fused-ring (bicyclic) bond motifs is 1. The molecule has 0 spiro atoms. The maximum absolute atomic E-state index is 5.31. The standard InChI is InChI=1S/C19H24N2O/c1-3-21-15-20(14-17-8-4-5-10-19(17)21)12-11-16-7-6-9-18(13-16)22-2/h4-10,13H,3,11-12,14-15H2,1-2H3. The third-order valence-corrected chi connectivity index (χ3v) is 4.33. The molecule has 0 N–H and O–H groups in total. The fourth-order valence-corrected chi connectivity index (χ4v) is 3.10. The van der Waals surface area contributed by atoms with Crippen LogP contribution in [-0.4, -0.2) is 31.8 Å². The van der Waals surface area contributed by atoms with Gasteiger partial charge in [0, 0.05) is 25.3 Å². The van der Waals surface area contributed by atoms with E-state index in [-0.39, 0.29) is 0 Å². The van der Waals surface area contributed by atoms with Crippen LogP contribution in [0.2, 0.25) is 0 Å². The zero-order chi connectivity index (χ0) is 15.4. The number of hydrogen-bond donors (Lipinski definition) is 0. The Morgan fingerprint density at radius 2 is 1.95 bits per heavy atom. The Hall–Kier alpha value is -2.00. The van der Waals surface area contributed by atoms with E-state index in [1.165, 1.54) is 16.8 Å². The van der Waals surface area contributed by atoms with Crippen LogP contribution in [0.3, 0.4) is 0 Å².